The van der Waals surface area contributed by atoms with E-state index in [-0.39, 0.29) is 12.3 Å². The van der Waals surface area contributed by atoms with Crippen molar-refractivity contribution < 1.29 is 23.2 Å². The number of amides is 2. The van der Waals surface area contributed by atoms with Crippen LogP contribution in [0.25, 0.3) is 0 Å². The summed E-state index contributed by atoms with van der Waals surface area (Å²) in [5, 5.41) is 5.24. The number of hydrogen-bond acceptors (Lipinski definition) is 7. The highest BCUT2D eigenvalue weighted by Crippen LogP contribution is 2.12. The van der Waals surface area contributed by atoms with E-state index in [1.807, 2.05) is 6.08 Å². The van der Waals surface area contributed by atoms with Crippen LogP contribution in [0.3, 0.4) is 0 Å². The predicted molar refractivity (Wildman–Crippen MR) is 135 cm³/mol. The van der Waals surface area contributed by atoms with Gasteiger partial charge in [-0.15, -0.1) is 0 Å². The summed E-state index contributed by atoms with van der Waals surface area (Å²) in [4.78, 5) is 47.9. The van der Waals surface area contributed by atoms with Gasteiger partial charge < -0.3 is 24.3 Å². The lowest BCUT2D eigenvalue weighted by atomic mass is 10.1. The zero-order valence-electron chi connectivity index (χ0n) is 21.0. The summed E-state index contributed by atoms with van der Waals surface area (Å²) in [6, 6.07) is -0.891. The zero-order valence-corrected chi connectivity index (χ0v) is 21.0. The molecule has 194 valence electrons. The number of carbonyl (C=O) groups excluding carboxylic acids is 3. The van der Waals surface area contributed by atoms with Gasteiger partial charge in [0.15, 0.2) is 5.76 Å². The Balaban J connectivity index is 2.49. The topological polar surface area (TPSA) is 122 Å². The molecule has 9 heteroatoms. The fourth-order valence-corrected chi connectivity index (χ4v) is 3.46. The molecule has 2 N–H and O–H groups in total. The van der Waals surface area contributed by atoms with E-state index < -0.39 is 17.8 Å². The molecular formula is C26H39N3O6. The number of allylic oxidation sites excluding steroid dienone is 4. The molecule has 1 unspecified atom stereocenters. The summed E-state index contributed by atoms with van der Waals surface area (Å²) < 4.78 is 10.1. The van der Waals surface area contributed by atoms with Crippen molar-refractivity contribution in [2.24, 2.45) is 0 Å². The van der Waals surface area contributed by atoms with Gasteiger partial charge in [0.25, 0.3) is 0 Å². The number of aldehydes is 1. The quantitative estimate of drug-likeness (QED) is 0.174. The van der Waals surface area contributed by atoms with Gasteiger partial charge in [0.05, 0.1) is 6.54 Å². The van der Waals surface area contributed by atoms with Crippen molar-refractivity contribution in [2.75, 3.05) is 19.6 Å². The first-order valence-electron chi connectivity index (χ1n) is 12.0. The van der Waals surface area contributed by atoms with E-state index >= 15 is 0 Å². The van der Waals surface area contributed by atoms with Gasteiger partial charge >= 0.3 is 5.82 Å². The molecule has 9 nitrogen and oxygen atoms in total. The minimum Gasteiger partial charge on any atom is -0.396 e. The summed E-state index contributed by atoms with van der Waals surface area (Å²) >= 11 is 0. The van der Waals surface area contributed by atoms with E-state index in [1.54, 1.807) is 13.0 Å². The highest BCUT2D eigenvalue weighted by molar-refractivity contribution is 5.88. The lowest BCUT2D eigenvalue weighted by Gasteiger charge is -2.22. The Bertz CT molecular complexity index is 914. The highest BCUT2D eigenvalue weighted by Gasteiger charge is 2.19. The third kappa shape index (κ3) is 13.3. The lowest BCUT2D eigenvalue weighted by Crippen LogP contribution is -2.47. The van der Waals surface area contributed by atoms with Crippen LogP contribution >= 0.6 is 0 Å². The molecule has 0 saturated carbocycles. The number of hydrogen-bond donors (Lipinski definition) is 2. The van der Waals surface area contributed by atoms with E-state index in [2.05, 4.69) is 34.8 Å². The van der Waals surface area contributed by atoms with Gasteiger partial charge in [0, 0.05) is 26.4 Å². The fourth-order valence-electron chi connectivity index (χ4n) is 3.46. The second-order valence-electron chi connectivity index (χ2n) is 8.39. The van der Waals surface area contributed by atoms with Crippen molar-refractivity contribution in [1.29, 1.82) is 0 Å². The molecule has 0 aliphatic carbocycles. The average molecular weight is 490 g/mol. The van der Waals surface area contributed by atoms with Crippen LogP contribution in [0, 0.1) is 6.92 Å². The first-order valence-corrected chi connectivity index (χ1v) is 12.0. The Morgan fingerprint density at radius 2 is 1.83 bits per heavy atom. The van der Waals surface area contributed by atoms with E-state index in [0.29, 0.717) is 37.4 Å². The maximum absolute atomic E-state index is 12.3. The molecule has 1 aromatic rings. The molecule has 0 spiro atoms. The van der Waals surface area contributed by atoms with Crippen molar-refractivity contribution in [2.45, 2.75) is 71.4 Å². The maximum atomic E-state index is 12.3. The molecule has 0 saturated heterocycles. The van der Waals surface area contributed by atoms with E-state index in [0.717, 1.165) is 50.6 Å². The molecule has 1 atom stereocenters. The number of nitrogens with zero attached hydrogens (tertiary/aromatic N) is 1. The van der Waals surface area contributed by atoms with Gasteiger partial charge in [0.2, 0.25) is 11.8 Å². The van der Waals surface area contributed by atoms with Crippen molar-refractivity contribution in [3.63, 3.8) is 0 Å². The van der Waals surface area contributed by atoms with Crippen molar-refractivity contribution in [3.05, 3.63) is 59.1 Å². The van der Waals surface area contributed by atoms with Crippen LogP contribution in [0.2, 0.25) is 0 Å². The first kappa shape index (κ1) is 29.8. The summed E-state index contributed by atoms with van der Waals surface area (Å²) in [6.07, 6.45) is 12.7. The Labute approximate surface area is 207 Å². The molecular weight excluding hydrogens is 450 g/mol. The number of carbonyl (C=O) groups is 3. The normalized spacial score (nSPS) is 12.0. The summed E-state index contributed by atoms with van der Waals surface area (Å²) in [6.45, 7) is 12.5. The second-order valence-corrected chi connectivity index (χ2v) is 8.39. The SMILES string of the molecule is C=CC(=C)/C=C\CCCCCCCN(CCNC(=O)C(CC=O)NC(C)=O)Cc1oc(=O)oc1C. The van der Waals surface area contributed by atoms with E-state index in [1.165, 1.54) is 6.92 Å². The third-order valence-corrected chi connectivity index (χ3v) is 5.40. The molecule has 1 heterocycles. The predicted octanol–water partition coefficient (Wildman–Crippen LogP) is 3.19. The van der Waals surface area contributed by atoms with Gasteiger partial charge in [-0.2, -0.15) is 0 Å². The molecule has 35 heavy (non-hydrogen) atoms. The van der Waals surface area contributed by atoms with Gasteiger partial charge in [0.1, 0.15) is 18.1 Å². The molecule has 2 amide bonds. The van der Waals surface area contributed by atoms with Gasteiger partial charge in [-0.25, -0.2) is 4.79 Å². The number of aryl methyl sites for hydroxylation is 1. The minimum absolute atomic E-state index is 0.0900. The van der Waals surface area contributed by atoms with Crippen molar-refractivity contribution >= 4 is 18.1 Å². The zero-order chi connectivity index (χ0) is 26.1. The van der Waals surface area contributed by atoms with E-state index in [9.17, 15) is 19.2 Å². The molecule has 0 aliphatic heterocycles. The first-order chi connectivity index (χ1) is 16.8. The monoisotopic (exact) mass is 489 g/mol. The maximum Gasteiger partial charge on any atom is 0.519 e. The lowest BCUT2D eigenvalue weighted by molar-refractivity contribution is -0.129. The van der Waals surface area contributed by atoms with Crippen LogP contribution < -0.4 is 16.5 Å². The molecule has 0 aromatic carbocycles. The fraction of sp³-hybridized carbons (Fsp3) is 0.538. The smallest absolute Gasteiger partial charge is 0.396 e. The molecule has 0 fully saturated rings. The summed E-state index contributed by atoms with van der Waals surface area (Å²) in [5.74, 6) is -0.621. The molecule has 0 bridgehead atoms. The number of unbranched alkanes of at least 4 members (excludes halogenated alkanes) is 5. The Hall–Kier alpha value is -3.20. The third-order valence-electron chi connectivity index (χ3n) is 5.40. The van der Waals surface area contributed by atoms with Crippen LogP contribution in [-0.4, -0.2) is 48.7 Å². The summed E-state index contributed by atoms with van der Waals surface area (Å²) in [7, 11) is 0. The highest BCUT2D eigenvalue weighted by atomic mass is 16.6. The van der Waals surface area contributed by atoms with Gasteiger partial charge in [-0.05, 0) is 38.3 Å². The number of nitrogens with one attached hydrogen (secondary N) is 2. The standard InChI is InChI=1S/C26H39N3O6/c1-5-20(2)13-11-9-7-6-8-10-12-16-29(19-24-21(3)34-26(33)35-24)17-15-27-25(32)23(14-18-30)28-22(4)31/h5,11,13,18,23H,1-2,6-10,12,14-17,19H2,3-4H3,(H,27,32)(H,28,31)/b13-11-. The Morgan fingerprint density at radius 3 is 2.46 bits per heavy atom. The summed E-state index contributed by atoms with van der Waals surface area (Å²) in [5.41, 5.74) is 0.916. The van der Waals surface area contributed by atoms with Crippen LogP contribution in [0.1, 0.15) is 63.4 Å². The van der Waals surface area contributed by atoms with Gasteiger partial charge in [-0.1, -0.05) is 50.6 Å². The molecule has 1 aromatic heterocycles. The second kappa shape index (κ2) is 17.3. The average Bonchev–Trinajstić information content (AvgIpc) is 3.12. The number of rotatable bonds is 19. The molecule has 1 rings (SSSR count). The van der Waals surface area contributed by atoms with Crippen molar-refractivity contribution in [1.82, 2.24) is 15.5 Å². The van der Waals surface area contributed by atoms with Gasteiger partial charge in [-0.3, -0.25) is 14.5 Å². The largest absolute Gasteiger partial charge is 0.519 e. The van der Waals surface area contributed by atoms with Crippen LogP contribution in [0.4, 0.5) is 0 Å². The molecule has 0 aliphatic rings. The molecule has 0 radical (unpaired) electrons. The van der Waals surface area contributed by atoms with Crippen LogP contribution in [0.15, 0.2) is 50.6 Å². The minimum atomic E-state index is -0.891. The Morgan fingerprint density at radius 1 is 1.11 bits per heavy atom. The van der Waals surface area contributed by atoms with Crippen LogP contribution in [-0.2, 0) is 20.9 Å². The van der Waals surface area contributed by atoms with Crippen molar-refractivity contribution in [3.8, 4) is 0 Å². The van der Waals surface area contributed by atoms with E-state index in [4.69, 9.17) is 8.83 Å². The Kier molecular flexibility index (Phi) is 14.7. The van der Waals surface area contributed by atoms with Crippen LogP contribution in [0.5, 0.6) is 0 Å².